The lowest BCUT2D eigenvalue weighted by Crippen LogP contribution is -2.51. The highest BCUT2D eigenvalue weighted by Gasteiger charge is 2.29. The van der Waals surface area contributed by atoms with Crippen LogP contribution in [0.5, 0.6) is 0 Å². The number of hydrogen-bond donors (Lipinski definition) is 2. The topological polar surface area (TPSA) is 95.6 Å². The highest BCUT2D eigenvalue weighted by Crippen LogP contribution is 2.25. The van der Waals surface area contributed by atoms with Crippen LogP contribution in [0.2, 0.25) is 0 Å². The van der Waals surface area contributed by atoms with Gasteiger partial charge in [-0.1, -0.05) is 47.0 Å². The van der Waals surface area contributed by atoms with Crippen LogP contribution in [0.1, 0.15) is 64.7 Å². The molecular weight excluding hydrogens is 422 g/mol. The van der Waals surface area contributed by atoms with Gasteiger partial charge in [-0.15, -0.1) is 11.3 Å². The Morgan fingerprint density at radius 2 is 1.77 bits per heavy atom. The molecule has 2 amide bonds. The molecule has 7 nitrogen and oxygen atoms in total. The van der Waals surface area contributed by atoms with Crippen molar-refractivity contribution in [3.8, 4) is 0 Å². The van der Waals surface area contributed by atoms with Crippen LogP contribution in [-0.4, -0.2) is 43.7 Å². The molecule has 0 aliphatic heterocycles. The molecule has 1 saturated carbocycles. The fourth-order valence-electron chi connectivity index (χ4n) is 3.74. The number of carbonyl (C=O) groups excluding carboxylic acids is 2. The quantitative estimate of drug-likeness (QED) is 0.564. The summed E-state index contributed by atoms with van der Waals surface area (Å²) in [5.41, 5.74) is 0. The van der Waals surface area contributed by atoms with Crippen LogP contribution < -0.4 is 10.6 Å². The van der Waals surface area contributed by atoms with E-state index in [4.69, 9.17) is 0 Å². The van der Waals surface area contributed by atoms with Gasteiger partial charge in [0.1, 0.15) is 10.3 Å². The van der Waals surface area contributed by atoms with Crippen molar-refractivity contribution in [3.05, 3.63) is 17.0 Å². The van der Waals surface area contributed by atoms with Gasteiger partial charge < -0.3 is 10.6 Å². The van der Waals surface area contributed by atoms with Crippen molar-refractivity contribution in [2.24, 2.45) is 11.8 Å². The predicted molar refractivity (Wildman–Crippen MR) is 120 cm³/mol. The summed E-state index contributed by atoms with van der Waals surface area (Å²) >= 11 is 1.17. The van der Waals surface area contributed by atoms with E-state index in [1.165, 1.54) is 22.1 Å². The first kappa shape index (κ1) is 24.8. The summed E-state index contributed by atoms with van der Waals surface area (Å²) in [6.07, 6.45) is 5.07. The number of thiophene rings is 1. The van der Waals surface area contributed by atoms with E-state index in [-0.39, 0.29) is 34.4 Å². The van der Waals surface area contributed by atoms with E-state index in [1.807, 2.05) is 27.7 Å². The summed E-state index contributed by atoms with van der Waals surface area (Å²) < 4.78 is 26.9. The smallest absolute Gasteiger partial charge is 0.252 e. The molecule has 0 radical (unpaired) electrons. The molecule has 2 N–H and O–H groups in total. The SMILES string of the molecule is CCN(CC)S(=O)(=O)c1ccc(CNC(=O)C(NC(=O)C2CCCCC2)C(C)C)s1. The molecule has 0 spiro atoms. The molecule has 0 saturated heterocycles. The first-order valence-electron chi connectivity index (χ1n) is 10.9. The number of nitrogens with one attached hydrogen (secondary N) is 2. The predicted octanol–water partition coefficient (Wildman–Crippen LogP) is 3.12. The van der Waals surface area contributed by atoms with Gasteiger partial charge in [0, 0.05) is 23.9 Å². The molecule has 0 aromatic carbocycles. The van der Waals surface area contributed by atoms with Crippen LogP contribution in [0.15, 0.2) is 16.3 Å². The third-order valence-corrected chi connectivity index (χ3v) is 9.20. The molecule has 1 aliphatic carbocycles. The van der Waals surface area contributed by atoms with Gasteiger partial charge in [-0.05, 0) is 30.9 Å². The second-order valence-electron chi connectivity index (χ2n) is 8.09. The normalized spacial score (nSPS) is 16.6. The fourth-order valence-corrected chi connectivity index (χ4v) is 6.65. The lowest BCUT2D eigenvalue weighted by atomic mass is 9.88. The van der Waals surface area contributed by atoms with E-state index in [2.05, 4.69) is 10.6 Å². The molecule has 0 bridgehead atoms. The van der Waals surface area contributed by atoms with Crippen molar-refractivity contribution >= 4 is 33.2 Å². The largest absolute Gasteiger partial charge is 0.349 e. The number of carbonyl (C=O) groups is 2. The highest BCUT2D eigenvalue weighted by atomic mass is 32.2. The van der Waals surface area contributed by atoms with E-state index < -0.39 is 16.1 Å². The lowest BCUT2D eigenvalue weighted by Gasteiger charge is -2.26. The van der Waals surface area contributed by atoms with Crippen molar-refractivity contribution in [2.45, 2.75) is 76.6 Å². The molecule has 1 atom stereocenters. The Morgan fingerprint density at radius 3 is 2.33 bits per heavy atom. The maximum absolute atomic E-state index is 12.7. The molecule has 9 heteroatoms. The number of amides is 2. The standard InChI is InChI=1S/C21H35N3O4S2/c1-5-24(6-2)30(27,28)18-13-12-17(29-18)14-22-21(26)19(15(3)4)23-20(25)16-10-8-7-9-11-16/h12-13,15-16,19H,5-11,14H2,1-4H3,(H,22,26)(H,23,25). The maximum Gasteiger partial charge on any atom is 0.252 e. The molecule has 1 unspecified atom stereocenters. The minimum Gasteiger partial charge on any atom is -0.349 e. The van der Waals surface area contributed by atoms with Gasteiger partial charge in [0.2, 0.25) is 11.8 Å². The Balaban J connectivity index is 1.97. The van der Waals surface area contributed by atoms with E-state index in [0.29, 0.717) is 13.1 Å². The number of hydrogen-bond acceptors (Lipinski definition) is 5. The Labute approximate surface area is 184 Å². The van der Waals surface area contributed by atoms with Crippen LogP contribution in [0, 0.1) is 11.8 Å². The van der Waals surface area contributed by atoms with Gasteiger partial charge in [0.05, 0.1) is 6.54 Å². The lowest BCUT2D eigenvalue weighted by molar-refractivity contribution is -0.132. The average molecular weight is 458 g/mol. The Kier molecular flexibility index (Phi) is 9.31. The van der Waals surface area contributed by atoms with E-state index in [1.54, 1.807) is 12.1 Å². The fraction of sp³-hybridized carbons (Fsp3) is 0.714. The third-order valence-electron chi connectivity index (χ3n) is 5.60. The summed E-state index contributed by atoms with van der Waals surface area (Å²) in [5.74, 6) is -0.319. The van der Waals surface area contributed by atoms with E-state index in [9.17, 15) is 18.0 Å². The van der Waals surface area contributed by atoms with Gasteiger partial charge >= 0.3 is 0 Å². The van der Waals surface area contributed by atoms with Gasteiger partial charge in [0.25, 0.3) is 10.0 Å². The summed E-state index contributed by atoms with van der Waals surface area (Å²) in [6, 6.07) is 2.72. The van der Waals surface area contributed by atoms with Crippen molar-refractivity contribution in [1.82, 2.24) is 14.9 Å². The summed E-state index contributed by atoms with van der Waals surface area (Å²) in [7, 11) is -3.49. The van der Waals surface area contributed by atoms with Crippen LogP contribution in [0.3, 0.4) is 0 Å². The van der Waals surface area contributed by atoms with Gasteiger partial charge in [0.15, 0.2) is 0 Å². The second kappa shape index (κ2) is 11.2. The van der Waals surface area contributed by atoms with Crippen LogP contribution in [-0.2, 0) is 26.2 Å². The number of nitrogens with zero attached hydrogens (tertiary/aromatic N) is 1. The van der Waals surface area contributed by atoms with Crippen LogP contribution in [0.25, 0.3) is 0 Å². The van der Waals surface area contributed by atoms with Crippen LogP contribution >= 0.6 is 11.3 Å². The first-order chi connectivity index (χ1) is 14.2. The number of rotatable bonds is 10. The zero-order valence-electron chi connectivity index (χ0n) is 18.4. The van der Waals surface area contributed by atoms with E-state index >= 15 is 0 Å². The molecule has 1 fully saturated rings. The van der Waals surface area contributed by atoms with Crippen molar-refractivity contribution in [1.29, 1.82) is 0 Å². The van der Waals surface area contributed by atoms with E-state index in [0.717, 1.165) is 30.6 Å². The monoisotopic (exact) mass is 457 g/mol. The second-order valence-corrected chi connectivity index (χ2v) is 11.4. The zero-order valence-corrected chi connectivity index (χ0v) is 20.1. The Hall–Kier alpha value is -1.45. The van der Waals surface area contributed by atoms with Gasteiger partial charge in [-0.2, -0.15) is 4.31 Å². The molecule has 30 heavy (non-hydrogen) atoms. The first-order valence-corrected chi connectivity index (χ1v) is 13.1. The zero-order chi connectivity index (χ0) is 22.3. The highest BCUT2D eigenvalue weighted by molar-refractivity contribution is 7.91. The number of sulfonamides is 1. The van der Waals surface area contributed by atoms with Crippen LogP contribution in [0.4, 0.5) is 0 Å². The van der Waals surface area contributed by atoms with Crippen molar-refractivity contribution in [2.75, 3.05) is 13.1 Å². The summed E-state index contributed by atoms with van der Waals surface area (Å²) in [4.78, 5) is 26.1. The third kappa shape index (κ3) is 6.28. The summed E-state index contributed by atoms with van der Waals surface area (Å²) in [6.45, 7) is 8.50. The Bertz CT molecular complexity index is 810. The molecular formula is C21H35N3O4S2. The molecule has 2 rings (SSSR count). The van der Waals surface area contributed by atoms with Crippen molar-refractivity contribution in [3.63, 3.8) is 0 Å². The summed E-state index contributed by atoms with van der Waals surface area (Å²) in [5, 5.41) is 5.79. The van der Waals surface area contributed by atoms with Gasteiger partial charge in [-0.25, -0.2) is 8.42 Å². The molecule has 1 heterocycles. The Morgan fingerprint density at radius 1 is 1.13 bits per heavy atom. The molecule has 170 valence electrons. The molecule has 1 aromatic heterocycles. The maximum atomic E-state index is 12.7. The average Bonchev–Trinajstić information content (AvgIpc) is 3.21. The minimum absolute atomic E-state index is 0.00191. The minimum atomic E-state index is -3.49. The molecule has 1 aliphatic rings. The molecule has 1 aromatic rings. The van der Waals surface area contributed by atoms with Crippen molar-refractivity contribution < 1.29 is 18.0 Å². The van der Waals surface area contributed by atoms with Gasteiger partial charge in [-0.3, -0.25) is 9.59 Å².